The molecule has 2 heterocycles. The van der Waals surface area contributed by atoms with E-state index in [0.29, 0.717) is 6.04 Å². The Balaban J connectivity index is 1.59. The maximum Gasteiger partial charge on any atom is 0.317 e. The zero-order valence-electron chi connectivity index (χ0n) is 17.2. The van der Waals surface area contributed by atoms with Crippen molar-refractivity contribution in [2.45, 2.75) is 76.4 Å². The Morgan fingerprint density at radius 3 is 2.10 bits per heavy atom. The van der Waals surface area contributed by atoms with Gasteiger partial charge in [-0.2, -0.15) is 0 Å². The Hall–Kier alpha value is -2.32. The Bertz CT molecular complexity index is 997. The largest absolute Gasteiger partial charge is 0.317 e. The minimum absolute atomic E-state index is 0.0744. The van der Waals surface area contributed by atoms with Crippen molar-refractivity contribution < 1.29 is 0 Å². The number of para-hydroxylation sites is 2. The molecule has 1 aromatic carbocycles. The van der Waals surface area contributed by atoms with Gasteiger partial charge in [0.2, 0.25) is 0 Å². The maximum absolute atomic E-state index is 13.0. The van der Waals surface area contributed by atoms with Gasteiger partial charge in [0, 0.05) is 25.2 Å². The van der Waals surface area contributed by atoms with Crippen molar-refractivity contribution in [3.63, 3.8) is 0 Å². The second-order valence-electron chi connectivity index (χ2n) is 8.53. The smallest absolute Gasteiger partial charge is 0.300 e. The topological polar surface area (TPSA) is 47.2 Å². The molecule has 0 spiro atoms. The number of rotatable bonds is 3. The molecule has 29 heavy (non-hydrogen) atoms. The number of likely N-dealkylation sites (tertiary alicyclic amines) is 1. The van der Waals surface area contributed by atoms with E-state index in [9.17, 15) is 9.59 Å². The van der Waals surface area contributed by atoms with Gasteiger partial charge >= 0.3 is 11.1 Å². The van der Waals surface area contributed by atoms with Gasteiger partial charge in [-0.1, -0.05) is 50.2 Å². The molecule has 2 aliphatic rings. The van der Waals surface area contributed by atoms with E-state index in [2.05, 4.69) is 10.8 Å². The van der Waals surface area contributed by atoms with Gasteiger partial charge in [0.15, 0.2) is 0 Å². The fraction of sp³-hybridized carbons (Fsp3) is 0.583. The lowest BCUT2D eigenvalue weighted by molar-refractivity contribution is 0.115. The highest BCUT2D eigenvalue weighted by molar-refractivity contribution is 5.75. The van der Waals surface area contributed by atoms with Crippen molar-refractivity contribution in [1.29, 1.82) is 0 Å². The predicted molar refractivity (Wildman–Crippen MR) is 117 cm³/mol. The average Bonchev–Trinajstić information content (AvgIpc) is 2.72. The molecule has 0 unspecified atom stereocenters. The van der Waals surface area contributed by atoms with Gasteiger partial charge in [-0.05, 0) is 37.8 Å². The number of terminal acetylenes is 1. The molecular weight excluding hydrogens is 362 g/mol. The standard InChI is InChI=1S/C24H31N3O2/c1-2-16-26-21-12-8-9-13-22(21)27(24(29)23(26)28)20-14-17-25(18-15-20)19-10-6-4-3-5-7-11-19/h1,8-9,12-13,19-20H,3-7,10-11,14-18H2. The number of benzene rings is 1. The van der Waals surface area contributed by atoms with Crippen LogP contribution < -0.4 is 11.1 Å². The molecule has 0 radical (unpaired) electrons. The van der Waals surface area contributed by atoms with Crippen LogP contribution in [0.15, 0.2) is 33.9 Å². The van der Waals surface area contributed by atoms with E-state index in [0.717, 1.165) is 37.0 Å². The van der Waals surface area contributed by atoms with Crippen LogP contribution in [0.4, 0.5) is 0 Å². The summed E-state index contributed by atoms with van der Waals surface area (Å²) in [7, 11) is 0. The molecule has 2 aromatic rings. The molecule has 0 N–H and O–H groups in total. The molecule has 0 amide bonds. The van der Waals surface area contributed by atoms with Crippen molar-refractivity contribution in [2.24, 2.45) is 0 Å². The van der Waals surface area contributed by atoms with E-state index in [1.807, 2.05) is 24.3 Å². The minimum atomic E-state index is -0.510. The van der Waals surface area contributed by atoms with Crippen molar-refractivity contribution in [2.75, 3.05) is 13.1 Å². The number of aromatic nitrogens is 2. The van der Waals surface area contributed by atoms with Crippen molar-refractivity contribution in [3.8, 4) is 12.3 Å². The predicted octanol–water partition coefficient (Wildman–Crippen LogP) is 3.55. The van der Waals surface area contributed by atoms with E-state index < -0.39 is 11.1 Å². The molecular formula is C24H31N3O2. The third-order valence-corrected chi connectivity index (χ3v) is 6.78. The fourth-order valence-corrected chi connectivity index (χ4v) is 5.25. The summed E-state index contributed by atoms with van der Waals surface area (Å²) >= 11 is 0. The zero-order valence-corrected chi connectivity index (χ0v) is 17.2. The van der Waals surface area contributed by atoms with Crippen LogP contribution in [0.3, 0.4) is 0 Å². The first-order chi connectivity index (χ1) is 14.2. The maximum atomic E-state index is 13.0. The van der Waals surface area contributed by atoms with Crippen LogP contribution >= 0.6 is 0 Å². The molecule has 1 saturated heterocycles. The first kappa shape index (κ1) is 20.0. The highest BCUT2D eigenvalue weighted by Crippen LogP contribution is 2.29. The number of fused-ring (bicyclic) bond motifs is 1. The molecule has 5 nitrogen and oxygen atoms in total. The summed E-state index contributed by atoms with van der Waals surface area (Å²) in [4.78, 5) is 28.4. The van der Waals surface area contributed by atoms with Crippen LogP contribution in [0.5, 0.6) is 0 Å². The van der Waals surface area contributed by atoms with Crippen molar-refractivity contribution in [1.82, 2.24) is 14.0 Å². The van der Waals surface area contributed by atoms with E-state index in [1.54, 1.807) is 4.57 Å². The van der Waals surface area contributed by atoms with Crippen LogP contribution in [-0.4, -0.2) is 33.2 Å². The fourth-order valence-electron chi connectivity index (χ4n) is 5.25. The van der Waals surface area contributed by atoms with Gasteiger partial charge in [-0.15, -0.1) is 6.42 Å². The molecule has 1 aliphatic carbocycles. The van der Waals surface area contributed by atoms with Crippen LogP contribution in [0, 0.1) is 12.3 Å². The lowest BCUT2D eigenvalue weighted by Gasteiger charge is -2.39. The summed E-state index contributed by atoms with van der Waals surface area (Å²) in [6.45, 7) is 2.13. The van der Waals surface area contributed by atoms with Crippen molar-refractivity contribution >= 4 is 11.0 Å². The van der Waals surface area contributed by atoms with Gasteiger partial charge in [0.25, 0.3) is 0 Å². The summed E-state index contributed by atoms with van der Waals surface area (Å²) < 4.78 is 3.18. The molecule has 1 saturated carbocycles. The van der Waals surface area contributed by atoms with Crippen LogP contribution in [-0.2, 0) is 6.54 Å². The van der Waals surface area contributed by atoms with Crippen LogP contribution in [0.1, 0.15) is 63.8 Å². The molecule has 1 aromatic heterocycles. The second kappa shape index (κ2) is 9.00. The van der Waals surface area contributed by atoms with E-state index in [-0.39, 0.29) is 12.6 Å². The van der Waals surface area contributed by atoms with Gasteiger partial charge in [-0.25, -0.2) is 0 Å². The Morgan fingerprint density at radius 2 is 1.45 bits per heavy atom. The van der Waals surface area contributed by atoms with Gasteiger partial charge in [-0.3, -0.25) is 18.7 Å². The Morgan fingerprint density at radius 1 is 0.828 bits per heavy atom. The second-order valence-corrected chi connectivity index (χ2v) is 8.53. The zero-order chi connectivity index (χ0) is 20.2. The van der Waals surface area contributed by atoms with Gasteiger partial charge in [0.05, 0.1) is 17.6 Å². The lowest BCUT2D eigenvalue weighted by atomic mass is 9.93. The quantitative estimate of drug-likeness (QED) is 0.592. The Labute approximate surface area is 172 Å². The Kier molecular flexibility index (Phi) is 6.20. The van der Waals surface area contributed by atoms with E-state index >= 15 is 0 Å². The highest BCUT2D eigenvalue weighted by atomic mass is 16.2. The molecule has 0 atom stereocenters. The number of piperidine rings is 1. The van der Waals surface area contributed by atoms with Crippen LogP contribution in [0.2, 0.25) is 0 Å². The summed E-state index contributed by atoms with van der Waals surface area (Å²) in [6, 6.07) is 8.39. The number of hydrogen-bond acceptors (Lipinski definition) is 3. The van der Waals surface area contributed by atoms with Crippen LogP contribution in [0.25, 0.3) is 11.0 Å². The average molecular weight is 394 g/mol. The molecule has 4 rings (SSSR count). The number of nitrogens with zero attached hydrogens (tertiary/aromatic N) is 3. The summed E-state index contributed by atoms with van der Waals surface area (Å²) in [5, 5.41) is 0. The highest BCUT2D eigenvalue weighted by Gasteiger charge is 2.28. The molecule has 154 valence electrons. The van der Waals surface area contributed by atoms with Crippen molar-refractivity contribution in [3.05, 3.63) is 45.0 Å². The molecule has 2 fully saturated rings. The third kappa shape index (κ3) is 4.04. The summed E-state index contributed by atoms with van der Waals surface area (Å²) in [6.07, 6.45) is 16.7. The normalized spacial score (nSPS) is 20.2. The molecule has 0 bridgehead atoms. The first-order valence-corrected chi connectivity index (χ1v) is 11.1. The van der Waals surface area contributed by atoms with E-state index in [1.165, 1.54) is 49.5 Å². The SMILES string of the molecule is C#CCn1c(=O)c(=O)n(C2CCN(C3CCCCCCC3)CC2)c2ccccc21. The van der Waals surface area contributed by atoms with Gasteiger partial charge < -0.3 is 4.90 Å². The summed E-state index contributed by atoms with van der Waals surface area (Å²) in [5.41, 5.74) is 0.613. The summed E-state index contributed by atoms with van der Waals surface area (Å²) in [5.74, 6) is 2.50. The monoisotopic (exact) mass is 393 g/mol. The number of hydrogen-bond donors (Lipinski definition) is 0. The van der Waals surface area contributed by atoms with E-state index in [4.69, 9.17) is 6.42 Å². The third-order valence-electron chi connectivity index (χ3n) is 6.78. The lowest BCUT2D eigenvalue weighted by Crippen LogP contribution is -2.47. The molecule has 5 heteroatoms. The molecule has 1 aliphatic heterocycles. The minimum Gasteiger partial charge on any atom is -0.300 e. The van der Waals surface area contributed by atoms with Gasteiger partial charge in [0.1, 0.15) is 0 Å². The first-order valence-electron chi connectivity index (χ1n) is 11.1.